The highest BCUT2D eigenvalue weighted by atomic mass is 16.5. The van der Waals surface area contributed by atoms with E-state index in [4.69, 9.17) is 9.84 Å². The Bertz CT molecular complexity index is 87.1. The Balaban J connectivity index is 2.22. The molecule has 2 unspecified atom stereocenters. The van der Waals surface area contributed by atoms with Crippen LogP contribution in [0.15, 0.2) is 0 Å². The normalized spacial score (nSPS) is 35.3. The first kappa shape index (κ1) is 6.99. The minimum absolute atomic E-state index is 0.0231. The molecule has 1 aliphatic heterocycles. The first-order valence-electron chi connectivity index (χ1n) is 3.37. The molecule has 54 valence electrons. The van der Waals surface area contributed by atoms with Crippen LogP contribution < -0.4 is 5.32 Å². The minimum Gasteiger partial charge on any atom is -0.376 e. The average molecular weight is 131 g/mol. The van der Waals surface area contributed by atoms with Crippen molar-refractivity contribution in [3.05, 3.63) is 0 Å². The van der Waals surface area contributed by atoms with Crippen molar-refractivity contribution in [1.29, 1.82) is 0 Å². The predicted molar refractivity (Wildman–Crippen MR) is 34.0 cm³/mol. The van der Waals surface area contributed by atoms with E-state index in [1.165, 1.54) is 0 Å². The summed E-state index contributed by atoms with van der Waals surface area (Å²) in [5.74, 6) is 0. The van der Waals surface area contributed by atoms with Crippen molar-refractivity contribution in [1.82, 2.24) is 5.32 Å². The monoisotopic (exact) mass is 131 g/mol. The van der Waals surface area contributed by atoms with E-state index in [-0.39, 0.29) is 6.10 Å². The number of ether oxygens (including phenoxy) is 1. The number of hydrogen-bond donors (Lipinski definition) is 2. The third kappa shape index (κ3) is 1.64. The molecule has 0 aliphatic carbocycles. The van der Waals surface area contributed by atoms with Crippen molar-refractivity contribution in [2.24, 2.45) is 0 Å². The number of nitrogens with one attached hydrogen (secondary N) is 1. The van der Waals surface area contributed by atoms with Gasteiger partial charge in [-0.2, -0.15) is 0 Å². The van der Waals surface area contributed by atoms with Crippen molar-refractivity contribution >= 4 is 0 Å². The Kier molecular flexibility index (Phi) is 2.45. The largest absolute Gasteiger partial charge is 0.376 e. The molecule has 3 nitrogen and oxygen atoms in total. The first-order valence-corrected chi connectivity index (χ1v) is 3.37. The van der Waals surface area contributed by atoms with Crippen molar-refractivity contribution in [3.8, 4) is 0 Å². The molecule has 2 atom stereocenters. The summed E-state index contributed by atoms with van der Waals surface area (Å²) in [4.78, 5) is 0. The fourth-order valence-corrected chi connectivity index (χ4v) is 1.05. The number of aliphatic hydroxyl groups excluding tert-OH is 1. The highest BCUT2D eigenvalue weighted by Crippen LogP contribution is 2.07. The van der Waals surface area contributed by atoms with Gasteiger partial charge >= 0.3 is 0 Å². The van der Waals surface area contributed by atoms with Crippen LogP contribution in [0.2, 0.25) is 0 Å². The summed E-state index contributed by atoms with van der Waals surface area (Å²) in [5.41, 5.74) is 0. The Morgan fingerprint density at radius 1 is 1.78 bits per heavy atom. The zero-order valence-corrected chi connectivity index (χ0v) is 5.63. The van der Waals surface area contributed by atoms with Gasteiger partial charge in [-0.15, -0.1) is 0 Å². The molecule has 0 aromatic rings. The van der Waals surface area contributed by atoms with Crippen LogP contribution in [0.3, 0.4) is 0 Å². The lowest BCUT2D eigenvalue weighted by Crippen LogP contribution is -2.31. The van der Waals surface area contributed by atoms with Gasteiger partial charge in [0.1, 0.15) is 6.23 Å². The third-order valence-corrected chi connectivity index (χ3v) is 1.52. The standard InChI is InChI=1S/C6H13NO2/c1-2-9-5-3-4-7-6(5)8/h5-8H,2-4H2,1H3. The molecule has 3 heteroatoms. The van der Waals surface area contributed by atoms with E-state index in [1.54, 1.807) is 0 Å². The van der Waals surface area contributed by atoms with E-state index in [2.05, 4.69) is 5.32 Å². The second kappa shape index (κ2) is 3.15. The summed E-state index contributed by atoms with van der Waals surface area (Å²) in [6.45, 7) is 3.49. The van der Waals surface area contributed by atoms with E-state index >= 15 is 0 Å². The zero-order valence-electron chi connectivity index (χ0n) is 5.63. The molecule has 0 bridgehead atoms. The molecule has 1 saturated heterocycles. The molecule has 0 spiro atoms. The van der Waals surface area contributed by atoms with E-state index in [0.29, 0.717) is 6.61 Å². The molecule has 1 aliphatic rings. The van der Waals surface area contributed by atoms with Crippen LogP contribution in [-0.2, 0) is 4.74 Å². The van der Waals surface area contributed by atoms with E-state index in [0.717, 1.165) is 13.0 Å². The maximum absolute atomic E-state index is 9.08. The molecular formula is C6H13NO2. The Labute approximate surface area is 55.0 Å². The number of rotatable bonds is 2. The molecule has 1 rings (SSSR count). The van der Waals surface area contributed by atoms with Crippen LogP contribution in [0.25, 0.3) is 0 Å². The highest BCUT2D eigenvalue weighted by Gasteiger charge is 2.24. The summed E-state index contributed by atoms with van der Waals surface area (Å²) in [6, 6.07) is 0. The molecule has 1 fully saturated rings. The van der Waals surface area contributed by atoms with Gasteiger partial charge in [-0.3, -0.25) is 5.32 Å². The van der Waals surface area contributed by atoms with Crippen LogP contribution in [0, 0.1) is 0 Å². The Morgan fingerprint density at radius 3 is 3.00 bits per heavy atom. The SMILES string of the molecule is CCOC1CCNC1O. The van der Waals surface area contributed by atoms with Crippen molar-refractivity contribution in [2.75, 3.05) is 13.2 Å². The van der Waals surface area contributed by atoms with Crippen LogP contribution in [0.4, 0.5) is 0 Å². The molecule has 0 aromatic heterocycles. The third-order valence-electron chi connectivity index (χ3n) is 1.52. The fraction of sp³-hybridized carbons (Fsp3) is 1.00. The summed E-state index contributed by atoms with van der Waals surface area (Å²) in [5, 5.41) is 12.0. The summed E-state index contributed by atoms with van der Waals surface area (Å²) in [6.07, 6.45) is 0.509. The van der Waals surface area contributed by atoms with Gasteiger partial charge in [-0.1, -0.05) is 0 Å². The van der Waals surface area contributed by atoms with Crippen LogP contribution >= 0.6 is 0 Å². The van der Waals surface area contributed by atoms with Gasteiger partial charge < -0.3 is 9.84 Å². The predicted octanol–water partition coefficient (Wildman–Crippen LogP) is -0.297. The maximum atomic E-state index is 9.08. The molecule has 0 saturated carbocycles. The summed E-state index contributed by atoms with van der Waals surface area (Å²) < 4.78 is 5.20. The van der Waals surface area contributed by atoms with Gasteiger partial charge in [0.05, 0.1) is 6.10 Å². The molecule has 0 radical (unpaired) electrons. The van der Waals surface area contributed by atoms with Crippen molar-refractivity contribution < 1.29 is 9.84 Å². The lowest BCUT2D eigenvalue weighted by atomic mass is 10.3. The van der Waals surface area contributed by atoms with E-state index < -0.39 is 6.23 Å². The van der Waals surface area contributed by atoms with Gasteiger partial charge in [0, 0.05) is 13.2 Å². The van der Waals surface area contributed by atoms with Crippen molar-refractivity contribution in [2.45, 2.75) is 25.7 Å². The van der Waals surface area contributed by atoms with Gasteiger partial charge in [0.2, 0.25) is 0 Å². The quantitative estimate of drug-likeness (QED) is 0.540. The topological polar surface area (TPSA) is 41.5 Å². The van der Waals surface area contributed by atoms with Crippen molar-refractivity contribution in [3.63, 3.8) is 0 Å². The van der Waals surface area contributed by atoms with E-state index in [1.807, 2.05) is 6.92 Å². The van der Waals surface area contributed by atoms with Crippen LogP contribution in [-0.4, -0.2) is 30.6 Å². The zero-order chi connectivity index (χ0) is 6.69. The average Bonchev–Trinajstić information content (AvgIpc) is 2.18. The lowest BCUT2D eigenvalue weighted by Gasteiger charge is -2.12. The smallest absolute Gasteiger partial charge is 0.131 e. The van der Waals surface area contributed by atoms with E-state index in [9.17, 15) is 0 Å². The van der Waals surface area contributed by atoms with Gasteiger partial charge in [0.25, 0.3) is 0 Å². The van der Waals surface area contributed by atoms with Gasteiger partial charge in [-0.05, 0) is 13.3 Å². The Hall–Kier alpha value is -0.120. The lowest BCUT2D eigenvalue weighted by molar-refractivity contribution is -0.0206. The fourth-order valence-electron chi connectivity index (χ4n) is 1.05. The molecule has 0 amide bonds. The first-order chi connectivity index (χ1) is 4.34. The molecule has 2 N–H and O–H groups in total. The second-order valence-electron chi connectivity index (χ2n) is 2.18. The number of aliphatic hydroxyl groups is 1. The molecule has 0 aromatic carbocycles. The number of hydrogen-bond acceptors (Lipinski definition) is 3. The molecular weight excluding hydrogens is 118 g/mol. The van der Waals surface area contributed by atoms with Gasteiger partial charge in [-0.25, -0.2) is 0 Å². The minimum atomic E-state index is -0.440. The molecule has 1 heterocycles. The molecule has 9 heavy (non-hydrogen) atoms. The Morgan fingerprint density at radius 2 is 2.56 bits per heavy atom. The summed E-state index contributed by atoms with van der Waals surface area (Å²) in [7, 11) is 0. The van der Waals surface area contributed by atoms with Gasteiger partial charge in [0.15, 0.2) is 0 Å². The second-order valence-corrected chi connectivity index (χ2v) is 2.18. The summed E-state index contributed by atoms with van der Waals surface area (Å²) >= 11 is 0. The van der Waals surface area contributed by atoms with Crippen LogP contribution in [0.5, 0.6) is 0 Å². The van der Waals surface area contributed by atoms with Crippen LogP contribution in [0.1, 0.15) is 13.3 Å². The highest BCUT2D eigenvalue weighted by molar-refractivity contribution is 4.75. The maximum Gasteiger partial charge on any atom is 0.131 e.